The van der Waals surface area contributed by atoms with E-state index in [4.69, 9.17) is 9.16 Å². The third-order valence-corrected chi connectivity index (χ3v) is 10.7. The van der Waals surface area contributed by atoms with E-state index in [0.717, 1.165) is 34.8 Å². The molecular weight excluding hydrogens is 455 g/mol. The van der Waals surface area contributed by atoms with Crippen molar-refractivity contribution in [2.75, 3.05) is 6.61 Å². The fraction of sp³-hybridized carbons (Fsp3) is 0.667. The highest BCUT2D eigenvalue weighted by molar-refractivity contribution is 14.1. The third kappa shape index (κ3) is 6.96. The summed E-state index contributed by atoms with van der Waals surface area (Å²) < 4.78 is 13.2. The molecule has 148 valence electrons. The molecular formula is C21H35IO3Si. The highest BCUT2D eigenvalue weighted by Crippen LogP contribution is 2.36. The molecule has 0 saturated heterocycles. The van der Waals surface area contributed by atoms with Gasteiger partial charge in [0.25, 0.3) is 0 Å². The molecule has 0 aromatic heterocycles. The van der Waals surface area contributed by atoms with Crippen molar-refractivity contribution in [3.05, 3.63) is 32.9 Å². The van der Waals surface area contributed by atoms with Crippen LogP contribution in [0.15, 0.2) is 18.2 Å². The van der Waals surface area contributed by atoms with Crippen molar-refractivity contribution in [3.8, 4) is 0 Å². The minimum absolute atomic E-state index is 0.149. The first kappa shape index (κ1) is 23.6. The zero-order valence-electron chi connectivity index (χ0n) is 17.4. The maximum atomic E-state index is 12.8. The minimum Gasteiger partial charge on any atom is -0.456 e. The van der Waals surface area contributed by atoms with E-state index in [1.165, 1.54) is 0 Å². The van der Waals surface area contributed by atoms with Crippen LogP contribution in [0.1, 0.15) is 69.3 Å². The van der Waals surface area contributed by atoms with Gasteiger partial charge < -0.3 is 9.16 Å². The Morgan fingerprint density at radius 2 is 1.88 bits per heavy atom. The van der Waals surface area contributed by atoms with Gasteiger partial charge >= 0.3 is 5.97 Å². The Morgan fingerprint density at radius 1 is 1.23 bits per heavy atom. The molecule has 0 aliphatic heterocycles. The molecule has 0 aliphatic rings. The van der Waals surface area contributed by atoms with Gasteiger partial charge in [-0.25, -0.2) is 4.79 Å². The van der Waals surface area contributed by atoms with Gasteiger partial charge in [-0.05, 0) is 72.1 Å². The Kier molecular flexibility index (Phi) is 9.30. The summed E-state index contributed by atoms with van der Waals surface area (Å²) in [5.74, 6) is -0.229. The van der Waals surface area contributed by atoms with Gasteiger partial charge in [0, 0.05) is 3.57 Å². The van der Waals surface area contributed by atoms with Gasteiger partial charge in [-0.2, -0.15) is 0 Å². The molecule has 1 rings (SSSR count). The van der Waals surface area contributed by atoms with Crippen LogP contribution >= 0.6 is 22.6 Å². The highest BCUT2D eigenvalue weighted by Gasteiger charge is 2.38. The van der Waals surface area contributed by atoms with Crippen molar-refractivity contribution < 1.29 is 14.0 Å². The summed E-state index contributed by atoms with van der Waals surface area (Å²) in [4.78, 5) is 12.8. The van der Waals surface area contributed by atoms with Crippen molar-refractivity contribution in [2.24, 2.45) is 0 Å². The molecule has 1 atom stereocenters. The molecule has 0 bridgehead atoms. The Bertz CT molecular complexity index is 573. The largest absolute Gasteiger partial charge is 0.456 e. The molecule has 0 radical (unpaired) electrons. The number of ether oxygens (including phenoxy) is 1. The molecule has 0 spiro atoms. The molecule has 5 heteroatoms. The Morgan fingerprint density at radius 3 is 2.42 bits per heavy atom. The number of carbonyl (C=O) groups is 1. The van der Waals surface area contributed by atoms with Gasteiger partial charge in [-0.3, -0.25) is 0 Å². The number of halogens is 1. The van der Waals surface area contributed by atoms with Gasteiger partial charge in [0.05, 0.1) is 12.2 Å². The second-order valence-corrected chi connectivity index (χ2v) is 14.5. The van der Waals surface area contributed by atoms with Crippen LogP contribution in [0.4, 0.5) is 0 Å². The van der Waals surface area contributed by atoms with Crippen LogP contribution in [0.5, 0.6) is 0 Å². The van der Waals surface area contributed by atoms with Crippen molar-refractivity contribution in [1.29, 1.82) is 0 Å². The van der Waals surface area contributed by atoms with Crippen LogP contribution in [-0.2, 0) is 9.16 Å². The summed E-state index contributed by atoms with van der Waals surface area (Å²) >= 11 is 2.20. The van der Waals surface area contributed by atoms with Crippen LogP contribution in [0.2, 0.25) is 18.1 Å². The van der Waals surface area contributed by atoms with Gasteiger partial charge in [0.15, 0.2) is 8.32 Å². The number of carbonyl (C=O) groups excluding carboxylic acids is 1. The molecule has 0 amide bonds. The van der Waals surface area contributed by atoms with Gasteiger partial charge in [-0.1, -0.05) is 52.7 Å². The van der Waals surface area contributed by atoms with E-state index in [1.54, 1.807) is 0 Å². The normalized spacial score (nSPS) is 13.5. The standard InChI is InChI=1S/C21H35IO3Si/c1-8-9-10-13-17(15-24-26(6,7)21(3,4)5)25-20(23)19-16(2)12-11-14-18(19)22/h11-12,14,17H,8-10,13,15H2,1-7H3/t17-/m0/s1. The monoisotopic (exact) mass is 490 g/mol. The fourth-order valence-corrected chi connectivity index (χ4v) is 4.31. The average Bonchev–Trinajstić information content (AvgIpc) is 2.51. The summed E-state index contributed by atoms with van der Waals surface area (Å²) in [6.07, 6.45) is 4.03. The first-order chi connectivity index (χ1) is 12.0. The van der Waals surface area contributed by atoms with E-state index >= 15 is 0 Å². The van der Waals surface area contributed by atoms with Crippen LogP contribution in [-0.4, -0.2) is 27.0 Å². The predicted octanol–water partition coefficient (Wildman–Crippen LogP) is 6.73. The van der Waals surface area contributed by atoms with Gasteiger partial charge in [0.1, 0.15) is 6.10 Å². The van der Waals surface area contributed by atoms with Crippen LogP contribution in [0.25, 0.3) is 0 Å². The molecule has 1 aromatic carbocycles. The molecule has 0 N–H and O–H groups in total. The van der Waals surface area contributed by atoms with Crippen molar-refractivity contribution in [1.82, 2.24) is 0 Å². The topological polar surface area (TPSA) is 35.5 Å². The maximum Gasteiger partial charge on any atom is 0.339 e. The zero-order chi connectivity index (χ0) is 20.0. The summed E-state index contributed by atoms with van der Waals surface area (Å²) in [5, 5.41) is 0.149. The predicted molar refractivity (Wildman–Crippen MR) is 120 cm³/mol. The molecule has 26 heavy (non-hydrogen) atoms. The van der Waals surface area contributed by atoms with E-state index in [1.807, 2.05) is 25.1 Å². The minimum atomic E-state index is -1.86. The Labute approximate surface area is 174 Å². The van der Waals surface area contributed by atoms with E-state index in [-0.39, 0.29) is 17.1 Å². The summed E-state index contributed by atoms with van der Waals surface area (Å²) in [7, 11) is -1.86. The molecule has 0 heterocycles. The lowest BCUT2D eigenvalue weighted by Crippen LogP contribution is -2.43. The lowest BCUT2D eigenvalue weighted by molar-refractivity contribution is 0.0124. The number of hydrogen-bond donors (Lipinski definition) is 0. The van der Waals surface area contributed by atoms with Crippen LogP contribution in [0.3, 0.4) is 0 Å². The lowest BCUT2D eigenvalue weighted by Gasteiger charge is -2.37. The number of benzene rings is 1. The van der Waals surface area contributed by atoms with Crippen molar-refractivity contribution in [3.63, 3.8) is 0 Å². The molecule has 0 saturated carbocycles. The number of esters is 1. The summed E-state index contributed by atoms with van der Waals surface area (Å²) in [5.41, 5.74) is 1.64. The quantitative estimate of drug-likeness (QED) is 0.167. The fourth-order valence-electron chi connectivity index (χ4n) is 2.42. The number of unbranched alkanes of at least 4 members (excludes halogenated alkanes) is 2. The molecule has 0 unspecified atom stereocenters. The SMILES string of the molecule is CCCCC[C@@H](CO[Si](C)(C)C(C)(C)C)OC(=O)c1c(C)cccc1I. The van der Waals surface area contributed by atoms with E-state index in [0.29, 0.717) is 12.2 Å². The first-order valence-electron chi connectivity index (χ1n) is 9.59. The number of hydrogen-bond acceptors (Lipinski definition) is 3. The summed E-state index contributed by atoms with van der Waals surface area (Å²) in [6, 6.07) is 5.87. The van der Waals surface area contributed by atoms with Crippen molar-refractivity contribution in [2.45, 2.75) is 84.5 Å². The summed E-state index contributed by atoms with van der Waals surface area (Å²) in [6.45, 7) is 15.8. The van der Waals surface area contributed by atoms with Gasteiger partial charge in [-0.15, -0.1) is 0 Å². The van der Waals surface area contributed by atoms with Crippen LogP contribution in [0, 0.1) is 10.5 Å². The average molecular weight is 490 g/mol. The van der Waals surface area contributed by atoms with E-state index in [2.05, 4.69) is 63.4 Å². The molecule has 1 aromatic rings. The maximum absolute atomic E-state index is 12.8. The van der Waals surface area contributed by atoms with Gasteiger partial charge in [0.2, 0.25) is 0 Å². The molecule has 0 aliphatic carbocycles. The van der Waals surface area contributed by atoms with Crippen molar-refractivity contribution >= 4 is 36.9 Å². The molecule has 0 fully saturated rings. The first-order valence-corrected chi connectivity index (χ1v) is 13.6. The number of aryl methyl sites for hydroxylation is 1. The van der Waals surface area contributed by atoms with E-state index in [9.17, 15) is 4.79 Å². The molecule has 3 nitrogen and oxygen atoms in total. The number of rotatable bonds is 9. The second-order valence-electron chi connectivity index (χ2n) is 8.53. The van der Waals surface area contributed by atoms with Crippen LogP contribution < -0.4 is 0 Å². The zero-order valence-corrected chi connectivity index (χ0v) is 20.6. The smallest absolute Gasteiger partial charge is 0.339 e. The Hall–Kier alpha value is -0.403. The Balaban J connectivity index is 2.84. The highest BCUT2D eigenvalue weighted by atomic mass is 127. The third-order valence-electron chi connectivity index (χ3n) is 5.27. The lowest BCUT2D eigenvalue weighted by atomic mass is 10.1. The van der Waals surface area contributed by atoms with E-state index < -0.39 is 8.32 Å². The second kappa shape index (κ2) is 10.2.